The summed E-state index contributed by atoms with van der Waals surface area (Å²) >= 11 is 1.30. The first-order chi connectivity index (χ1) is 15.8. The minimum absolute atomic E-state index is 0.112. The van der Waals surface area contributed by atoms with Gasteiger partial charge in [-0.2, -0.15) is 0 Å². The number of aromatic nitrogens is 3. The Kier molecular flexibility index (Phi) is 8.11. The molecule has 1 atom stereocenters. The van der Waals surface area contributed by atoms with Crippen LogP contribution in [0.4, 0.5) is 5.69 Å². The molecule has 0 aliphatic rings. The molecule has 174 valence electrons. The first-order valence-electron chi connectivity index (χ1n) is 10.6. The van der Waals surface area contributed by atoms with Gasteiger partial charge in [0.15, 0.2) is 11.0 Å². The first kappa shape index (κ1) is 24.3. The summed E-state index contributed by atoms with van der Waals surface area (Å²) in [4.78, 5) is 24.9. The fourth-order valence-electron chi connectivity index (χ4n) is 3.32. The maximum atomic E-state index is 12.5. The molecule has 2 amide bonds. The number of anilines is 1. The van der Waals surface area contributed by atoms with Gasteiger partial charge in [0.05, 0.1) is 25.3 Å². The standard InChI is InChI=1S/C24H29N5O3S/c1-15-7-6-8-20(16(15)2)26-22(31)14-33-24-28-27-23(29(24)4)17(3)25-21(30)13-18-9-11-19(32-5)12-10-18/h6-12,17H,13-14H2,1-5H3,(H,25,30)(H,26,31)/t17-/m1/s1. The Morgan fingerprint density at radius 2 is 1.82 bits per heavy atom. The second kappa shape index (κ2) is 11.0. The van der Waals surface area contributed by atoms with E-state index in [0.29, 0.717) is 11.0 Å². The molecule has 1 aromatic heterocycles. The summed E-state index contributed by atoms with van der Waals surface area (Å²) in [6.07, 6.45) is 0.256. The number of rotatable bonds is 9. The van der Waals surface area contributed by atoms with Gasteiger partial charge < -0.3 is 19.9 Å². The van der Waals surface area contributed by atoms with Crippen LogP contribution in [-0.4, -0.2) is 39.4 Å². The van der Waals surface area contributed by atoms with Crippen molar-refractivity contribution in [3.63, 3.8) is 0 Å². The van der Waals surface area contributed by atoms with Crippen LogP contribution >= 0.6 is 11.8 Å². The minimum atomic E-state index is -0.327. The second-order valence-electron chi connectivity index (χ2n) is 7.80. The molecule has 0 aliphatic heterocycles. The van der Waals surface area contributed by atoms with Crippen LogP contribution in [-0.2, 0) is 23.1 Å². The second-order valence-corrected chi connectivity index (χ2v) is 8.74. The minimum Gasteiger partial charge on any atom is -0.497 e. The molecule has 0 radical (unpaired) electrons. The van der Waals surface area contributed by atoms with Crippen LogP contribution in [0.1, 0.15) is 35.5 Å². The predicted molar refractivity (Wildman–Crippen MR) is 130 cm³/mol. The van der Waals surface area contributed by atoms with Crippen molar-refractivity contribution < 1.29 is 14.3 Å². The molecule has 0 saturated carbocycles. The van der Waals surface area contributed by atoms with Gasteiger partial charge in [-0.3, -0.25) is 9.59 Å². The number of nitrogens with zero attached hydrogens (tertiary/aromatic N) is 3. The van der Waals surface area contributed by atoms with Gasteiger partial charge in [-0.05, 0) is 55.7 Å². The normalized spacial score (nSPS) is 11.7. The first-order valence-corrected chi connectivity index (χ1v) is 11.6. The third kappa shape index (κ3) is 6.35. The number of hydrogen-bond acceptors (Lipinski definition) is 6. The van der Waals surface area contributed by atoms with Gasteiger partial charge in [0.25, 0.3) is 0 Å². The molecule has 2 aromatic carbocycles. The molecule has 3 rings (SSSR count). The molecule has 1 heterocycles. The van der Waals surface area contributed by atoms with Crippen molar-refractivity contribution in [3.8, 4) is 5.75 Å². The topological polar surface area (TPSA) is 98.1 Å². The maximum absolute atomic E-state index is 12.5. The Hall–Kier alpha value is -3.33. The van der Waals surface area contributed by atoms with Crippen molar-refractivity contribution in [1.82, 2.24) is 20.1 Å². The number of amides is 2. The lowest BCUT2D eigenvalue weighted by Crippen LogP contribution is -2.29. The van der Waals surface area contributed by atoms with Gasteiger partial charge in [-0.1, -0.05) is 36.0 Å². The van der Waals surface area contributed by atoms with Crippen LogP contribution < -0.4 is 15.4 Å². The van der Waals surface area contributed by atoms with Gasteiger partial charge in [-0.15, -0.1) is 10.2 Å². The number of benzene rings is 2. The summed E-state index contributed by atoms with van der Waals surface area (Å²) in [5, 5.41) is 14.9. The van der Waals surface area contributed by atoms with Crippen molar-refractivity contribution in [2.24, 2.45) is 7.05 Å². The number of methoxy groups -OCH3 is 1. The van der Waals surface area contributed by atoms with Crippen molar-refractivity contribution in [3.05, 3.63) is 65.0 Å². The Bertz CT molecular complexity index is 1130. The Balaban J connectivity index is 1.54. The summed E-state index contributed by atoms with van der Waals surface area (Å²) in [5.74, 6) is 1.35. The van der Waals surface area contributed by atoms with Gasteiger partial charge in [0.2, 0.25) is 11.8 Å². The highest BCUT2D eigenvalue weighted by Crippen LogP contribution is 2.21. The molecule has 0 fully saturated rings. The van der Waals surface area contributed by atoms with E-state index in [1.165, 1.54) is 11.8 Å². The summed E-state index contributed by atoms with van der Waals surface area (Å²) in [5.41, 5.74) is 3.88. The SMILES string of the molecule is COc1ccc(CC(=O)N[C@H](C)c2nnc(SCC(=O)Nc3cccc(C)c3C)n2C)cc1. The Labute approximate surface area is 198 Å². The highest BCUT2D eigenvalue weighted by molar-refractivity contribution is 7.99. The number of ether oxygens (including phenoxy) is 1. The smallest absolute Gasteiger partial charge is 0.234 e. The van der Waals surface area contributed by atoms with E-state index in [-0.39, 0.29) is 30.0 Å². The fraction of sp³-hybridized carbons (Fsp3) is 0.333. The summed E-state index contributed by atoms with van der Waals surface area (Å²) < 4.78 is 6.94. The lowest BCUT2D eigenvalue weighted by molar-refractivity contribution is -0.121. The Morgan fingerprint density at radius 3 is 2.52 bits per heavy atom. The lowest BCUT2D eigenvalue weighted by Gasteiger charge is -2.14. The zero-order valence-electron chi connectivity index (χ0n) is 19.5. The van der Waals surface area contributed by atoms with Gasteiger partial charge >= 0.3 is 0 Å². The largest absolute Gasteiger partial charge is 0.497 e. The zero-order chi connectivity index (χ0) is 24.0. The molecule has 0 spiro atoms. The molecule has 8 nitrogen and oxygen atoms in total. The van der Waals surface area contributed by atoms with Crippen LogP contribution in [0.2, 0.25) is 0 Å². The lowest BCUT2D eigenvalue weighted by atomic mass is 10.1. The van der Waals surface area contributed by atoms with Crippen LogP contribution in [0.15, 0.2) is 47.6 Å². The number of hydrogen-bond donors (Lipinski definition) is 2. The zero-order valence-corrected chi connectivity index (χ0v) is 20.3. The highest BCUT2D eigenvalue weighted by atomic mass is 32.2. The van der Waals surface area contributed by atoms with E-state index in [2.05, 4.69) is 20.8 Å². The summed E-state index contributed by atoms with van der Waals surface area (Å²) in [6, 6.07) is 12.9. The molecule has 0 unspecified atom stereocenters. The number of carbonyl (C=O) groups excluding carboxylic acids is 2. The molecule has 33 heavy (non-hydrogen) atoms. The highest BCUT2D eigenvalue weighted by Gasteiger charge is 2.19. The monoisotopic (exact) mass is 467 g/mol. The average Bonchev–Trinajstić information content (AvgIpc) is 3.16. The van der Waals surface area contributed by atoms with Crippen LogP contribution in [0, 0.1) is 13.8 Å². The van der Waals surface area contributed by atoms with Gasteiger partial charge in [0.1, 0.15) is 5.75 Å². The van der Waals surface area contributed by atoms with E-state index in [1.807, 2.05) is 70.3 Å². The van der Waals surface area contributed by atoms with Crippen LogP contribution in [0.5, 0.6) is 5.75 Å². The number of aryl methyl sites for hydroxylation is 1. The predicted octanol–water partition coefficient (Wildman–Crippen LogP) is 3.59. The third-order valence-electron chi connectivity index (χ3n) is 5.37. The molecule has 2 N–H and O–H groups in total. The van der Waals surface area contributed by atoms with Crippen molar-refractivity contribution in [1.29, 1.82) is 0 Å². The van der Waals surface area contributed by atoms with E-state index in [1.54, 1.807) is 11.7 Å². The number of thioether (sulfide) groups is 1. The molecular weight excluding hydrogens is 438 g/mol. The Morgan fingerprint density at radius 1 is 1.09 bits per heavy atom. The van der Waals surface area contributed by atoms with E-state index in [0.717, 1.165) is 28.1 Å². The molecule has 0 aliphatic carbocycles. The van der Waals surface area contributed by atoms with Crippen molar-refractivity contribution in [2.75, 3.05) is 18.2 Å². The van der Waals surface area contributed by atoms with E-state index in [9.17, 15) is 9.59 Å². The number of carbonyl (C=O) groups is 2. The number of nitrogens with one attached hydrogen (secondary N) is 2. The molecule has 3 aromatic rings. The van der Waals surface area contributed by atoms with Crippen LogP contribution in [0.3, 0.4) is 0 Å². The maximum Gasteiger partial charge on any atom is 0.234 e. The third-order valence-corrected chi connectivity index (χ3v) is 6.39. The molecule has 0 bridgehead atoms. The average molecular weight is 468 g/mol. The molecule has 9 heteroatoms. The van der Waals surface area contributed by atoms with E-state index < -0.39 is 0 Å². The van der Waals surface area contributed by atoms with Crippen LogP contribution in [0.25, 0.3) is 0 Å². The van der Waals surface area contributed by atoms with E-state index in [4.69, 9.17) is 4.74 Å². The fourth-order valence-corrected chi connectivity index (χ4v) is 4.04. The van der Waals surface area contributed by atoms with Crippen molar-refractivity contribution in [2.45, 2.75) is 38.4 Å². The summed E-state index contributed by atoms with van der Waals surface area (Å²) in [6.45, 7) is 5.85. The summed E-state index contributed by atoms with van der Waals surface area (Å²) in [7, 11) is 3.43. The quantitative estimate of drug-likeness (QED) is 0.467. The van der Waals surface area contributed by atoms with E-state index >= 15 is 0 Å². The molecule has 0 saturated heterocycles. The molecular formula is C24H29N5O3S. The van der Waals surface area contributed by atoms with Gasteiger partial charge in [-0.25, -0.2) is 0 Å². The van der Waals surface area contributed by atoms with Gasteiger partial charge in [0, 0.05) is 12.7 Å². The van der Waals surface area contributed by atoms with Crippen molar-refractivity contribution >= 4 is 29.3 Å².